The first-order valence-electron chi connectivity index (χ1n) is 6.37. The van der Waals surface area contributed by atoms with Crippen molar-refractivity contribution in [3.8, 4) is 5.75 Å². The Morgan fingerprint density at radius 2 is 2.28 bits per heavy atom. The van der Waals surface area contributed by atoms with Gasteiger partial charge in [0.2, 0.25) is 0 Å². The number of hydrogen-bond donors (Lipinski definition) is 1. The average molecular weight is 248 g/mol. The van der Waals surface area contributed by atoms with Crippen LogP contribution >= 0.6 is 0 Å². The third kappa shape index (κ3) is 3.01. The van der Waals surface area contributed by atoms with Crippen molar-refractivity contribution in [1.82, 2.24) is 9.88 Å². The van der Waals surface area contributed by atoms with Crippen LogP contribution < -0.4 is 15.6 Å². The fraction of sp³-hybridized carbons (Fsp3) is 0.500. The molecule has 0 saturated carbocycles. The normalized spacial score (nSPS) is 16.5. The lowest BCUT2D eigenvalue weighted by atomic mass is 10.1. The van der Waals surface area contributed by atoms with Crippen molar-refractivity contribution >= 4 is 0 Å². The number of nitrogens with one attached hydrogen (secondary N) is 1. The fourth-order valence-corrected chi connectivity index (χ4v) is 2.17. The summed E-state index contributed by atoms with van der Waals surface area (Å²) in [6.45, 7) is 7.98. The molecule has 1 saturated heterocycles. The van der Waals surface area contributed by atoms with Gasteiger partial charge in [-0.2, -0.15) is 0 Å². The minimum atomic E-state index is -0.0364. The third-order valence-corrected chi connectivity index (χ3v) is 3.12. The van der Waals surface area contributed by atoms with E-state index in [4.69, 9.17) is 4.74 Å². The van der Waals surface area contributed by atoms with Gasteiger partial charge < -0.3 is 14.6 Å². The first-order chi connectivity index (χ1) is 8.68. The molecule has 0 aromatic carbocycles. The predicted octanol–water partition coefficient (Wildman–Crippen LogP) is 1.73. The Morgan fingerprint density at radius 1 is 1.56 bits per heavy atom. The van der Waals surface area contributed by atoms with E-state index in [0.717, 1.165) is 31.5 Å². The van der Waals surface area contributed by atoms with Gasteiger partial charge in [0.1, 0.15) is 6.61 Å². The van der Waals surface area contributed by atoms with E-state index in [0.29, 0.717) is 12.4 Å². The summed E-state index contributed by atoms with van der Waals surface area (Å²) in [5.41, 5.74) is 0.873. The van der Waals surface area contributed by atoms with Crippen LogP contribution in [0.4, 0.5) is 0 Å². The van der Waals surface area contributed by atoms with Crippen LogP contribution in [0.2, 0.25) is 0 Å². The fourth-order valence-electron chi connectivity index (χ4n) is 2.17. The highest BCUT2D eigenvalue weighted by Gasteiger charge is 2.17. The van der Waals surface area contributed by atoms with Crippen molar-refractivity contribution in [3.63, 3.8) is 0 Å². The van der Waals surface area contributed by atoms with Gasteiger partial charge in [-0.3, -0.25) is 4.79 Å². The van der Waals surface area contributed by atoms with Crippen molar-refractivity contribution in [1.29, 1.82) is 0 Å². The van der Waals surface area contributed by atoms with Gasteiger partial charge >= 0.3 is 0 Å². The Hall–Kier alpha value is -1.55. The second-order valence-corrected chi connectivity index (χ2v) is 4.81. The largest absolute Gasteiger partial charge is 0.484 e. The van der Waals surface area contributed by atoms with E-state index in [1.54, 1.807) is 10.6 Å². The van der Waals surface area contributed by atoms with E-state index in [9.17, 15) is 4.79 Å². The van der Waals surface area contributed by atoms with E-state index >= 15 is 0 Å². The van der Waals surface area contributed by atoms with Gasteiger partial charge in [0.25, 0.3) is 5.56 Å². The lowest BCUT2D eigenvalue weighted by molar-refractivity contribution is 0.325. The standard InChI is InChI=1S/C14H20N2O2/c1-11(2)10-18-13-4-3-9-16(14(13)17)12-5-7-15-8-6-12/h3-4,9,12,15H,1,5-8,10H2,2H3. The number of rotatable bonds is 4. The van der Waals surface area contributed by atoms with Crippen molar-refractivity contribution in [2.75, 3.05) is 19.7 Å². The lowest BCUT2D eigenvalue weighted by Gasteiger charge is -2.25. The smallest absolute Gasteiger partial charge is 0.293 e. The number of nitrogens with zero attached hydrogens (tertiary/aromatic N) is 1. The van der Waals surface area contributed by atoms with Crippen molar-refractivity contribution in [3.05, 3.63) is 40.8 Å². The summed E-state index contributed by atoms with van der Waals surface area (Å²) in [6.07, 6.45) is 3.83. The van der Waals surface area contributed by atoms with Crippen LogP contribution in [0.15, 0.2) is 35.3 Å². The summed E-state index contributed by atoms with van der Waals surface area (Å²) in [6, 6.07) is 3.88. The van der Waals surface area contributed by atoms with Gasteiger partial charge in [0.15, 0.2) is 5.75 Å². The topological polar surface area (TPSA) is 43.3 Å². The molecule has 0 radical (unpaired) electrons. The molecular weight excluding hydrogens is 228 g/mol. The third-order valence-electron chi connectivity index (χ3n) is 3.12. The average Bonchev–Trinajstić information content (AvgIpc) is 2.38. The van der Waals surface area contributed by atoms with Crippen LogP contribution in [0.1, 0.15) is 25.8 Å². The number of hydrogen-bond acceptors (Lipinski definition) is 3. The van der Waals surface area contributed by atoms with Gasteiger partial charge in [-0.05, 0) is 50.6 Å². The van der Waals surface area contributed by atoms with Crippen LogP contribution in [0, 0.1) is 0 Å². The summed E-state index contributed by atoms with van der Waals surface area (Å²) >= 11 is 0. The molecule has 1 aliphatic rings. The Bertz CT molecular complexity index is 473. The molecule has 0 amide bonds. The molecule has 0 bridgehead atoms. The highest BCUT2D eigenvalue weighted by Crippen LogP contribution is 2.17. The molecule has 1 fully saturated rings. The Morgan fingerprint density at radius 3 is 2.94 bits per heavy atom. The maximum atomic E-state index is 12.3. The van der Waals surface area contributed by atoms with Gasteiger partial charge in [-0.15, -0.1) is 0 Å². The van der Waals surface area contributed by atoms with Gasteiger partial charge in [-0.25, -0.2) is 0 Å². The summed E-state index contributed by atoms with van der Waals surface area (Å²) in [5.74, 6) is 0.416. The molecule has 2 rings (SSSR count). The minimum absolute atomic E-state index is 0.0364. The molecule has 1 aromatic heterocycles. The van der Waals surface area contributed by atoms with Crippen molar-refractivity contribution < 1.29 is 4.74 Å². The predicted molar refractivity (Wildman–Crippen MR) is 72.2 cm³/mol. The highest BCUT2D eigenvalue weighted by atomic mass is 16.5. The number of piperidine rings is 1. The molecule has 1 aliphatic heterocycles. The number of aromatic nitrogens is 1. The van der Waals surface area contributed by atoms with E-state index in [-0.39, 0.29) is 11.6 Å². The summed E-state index contributed by atoms with van der Waals surface area (Å²) in [4.78, 5) is 12.3. The molecule has 1 N–H and O–H groups in total. The van der Waals surface area contributed by atoms with Crippen LogP contribution in [0.5, 0.6) is 5.75 Å². The summed E-state index contributed by atoms with van der Waals surface area (Å²) in [5, 5.41) is 3.30. The maximum Gasteiger partial charge on any atom is 0.293 e. The second-order valence-electron chi connectivity index (χ2n) is 4.81. The van der Waals surface area contributed by atoms with Crippen molar-refractivity contribution in [2.45, 2.75) is 25.8 Å². The molecular formula is C14H20N2O2. The van der Waals surface area contributed by atoms with Crippen LogP contribution in [0.3, 0.4) is 0 Å². The highest BCUT2D eigenvalue weighted by molar-refractivity contribution is 5.18. The Labute approximate surface area is 107 Å². The molecule has 4 heteroatoms. The van der Waals surface area contributed by atoms with E-state index < -0.39 is 0 Å². The monoisotopic (exact) mass is 248 g/mol. The lowest BCUT2D eigenvalue weighted by Crippen LogP contribution is -2.34. The van der Waals surface area contributed by atoms with Gasteiger partial charge in [0.05, 0.1) is 0 Å². The molecule has 0 spiro atoms. The van der Waals surface area contributed by atoms with Crippen LogP contribution in [-0.4, -0.2) is 24.3 Å². The molecule has 98 valence electrons. The first-order valence-corrected chi connectivity index (χ1v) is 6.37. The van der Waals surface area contributed by atoms with E-state index in [2.05, 4.69) is 11.9 Å². The molecule has 0 unspecified atom stereocenters. The number of pyridine rings is 1. The SMILES string of the molecule is C=C(C)COc1cccn(C2CCNCC2)c1=O. The van der Waals surface area contributed by atoms with Gasteiger partial charge in [-0.1, -0.05) is 6.58 Å². The molecule has 2 heterocycles. The Kier molecular flexibility index (Phi) is 4.20. The van der Waals surface area contributed by atoms with E-state index in [1.807, 2.05) is 19.2 Å². The van der Waals surface area contributed by atoms with Gasteiger partial charge in [0, 0.05) is 12.2 Å². The van der Waals surface area contributed by atoms with Crippen molar-refractivity contribution in [2.24, 2.45) is 0 Å². The molecule has 0 atom stereocenters. The van der Waals surface area contributed by atoms with E-state index in [1.165, 1.54) is 0 Å². The zero-order chi connectivity index (χ0) is 13.0. The molecule has 18 heavy (non-hydrogen) atoms. The summed E-state index contributed by atoms with van der Waals surface area (Å²) < 4.78 is 7.28. The number of ether oxygens (including phenoxy) is 1. The second kappa shape index (κ2) is 5.87. The first kappa shape index (κ1) is 12.9. The minimum Gasteiger partial charge on any atom is -0.484 e. The Balaban J connectivity index is 2.18. The quantitative estimate of drug-likeness (QED) is 0.825. The zero-order valence-electron chi connectivity index (χ0n) is 10.8. The molecule has 0 aliphatic carbocycles. The van der Waals surface area contributed by atoms with Crippen LogP contribution in [0.25, 0.3) is 0 Å². The summed E-state index contributed by atoms with van der Waals surface area (Å²) in [7, 11) is 0. The maximum absolute atomic E-state index is 12.3. The zero-order valence-corrected chi connectivity index (χ0v) is 10.8. The molecule has 1 aromatic rings. The van der Waals surface area contributed by atoms with Crippen LogP contribution in [-0.2, 0) is 0 Å². The molecule has 4 nitrogen and oxygen atoms in total.